The van der Waals surface area contributed by atoms with E-state index in [1.54, 1.807) is 0 Å². The van der Waals surface area contributed by atoms with Crippen LogP contribution in [0.4, 0.5) is 0 Å². The Morgan fingerprint density at radius 3 is 1.56 bits per heavy atom. The van der Waals surface area contributed by atoms with Crippen LogP contribution in [-0.2, 0) is 18.9 Å². The minimum atomic E-state index is -0.493. The molecule has 0 aromatic heterocycles. The summed E-state index contributed by atoms with van der Waals surface area (Å²) < 4.78 is 21.2. The fourth-order valence-corrected chi connectivity index (χ4v) is 1.82. The average Bonchev–Trinajstić information content (AvgIpc) is 2.81. The number of rotatable bonds is 2. The van der Waals surface area contributed by atoms with Crippen LogP contribution in [0, 0.1) is 0 Å². The van der Waals surface area contributed by atoms with E-state index in [4.69, 9.17) is 24.1 Å². The van der Waals surface area contributed by atoms with Gasteiger partial charge in [-0.05, 0) is 34.1 Å². The zero-order valence-corrected chi connectivity index (χ0v) is 12.1. The number of ether oxygens (including phenoxy) is 4. The lowest BCUT2D eigenvalue weighted by atomic mass is 10.3. The van der Waals surface area contributed by atoms with E-state index >= 15 is 0 Å². The van der Waals surface area contributed by atoms with Crippen LogP contribution in [-0.4, -0.2) is 48.7 Å². The molecule has 2 aliphatic rings. The van der Waals surface area contributed by atoms with Crippen LogP contribution in [0.1, 0.15) is 41.0 Å². The minimum absolute atomic E-state index is 0.0451. The van der Waals surface area contributed by atoms with Gasteiger partial charge in [0.15, 0.2) is 11.6 Å². The average molecular weight is 262 g/mol. The fourth-order valence-electron chi connectivity index (χ4n) is 1.82. The lowest BCUT2D eigenvalue weighted by Gasteiger charge is -2.16. The molecular weight excluding hydrogens is 236 g/mol. The molecule has 2 heterocycles. The van der Waals surface area contributed by atoms with E-state index < -0.39 is 5.79 Å². The smallest absolute Gasteiger partial charge is 0.163 e. The van der Waals surface area contributed by atoms with E-state index in [2.05, 4.69) is 6.92 Å². The van der Waals surface area contributed by atoms with Crippen LogP contribution in [0.5, 0.6) is 0 Å². The highest BCUT2D eigenvalue weighted by Crippen LogP contribution is 2.23. The van der Waals surface area contributed by atoms with Crippen molar-refractivity contribution in [3.8, 4) is 0 Å². The number of aliphatic hydroxyl groups excluding tert-OH is 1. The molecule has 5 heteroatoms. The molecule has 18 heavy (non-hydrogen) atoms. The number of aliphatic hydroxyl groups is 1. The molecule has 5 nitrogen and oxygen atoms in total. The van der Waals surface area contributed by atoms with Crippen molar-refractivity contribution in [3.05, 3.63) is 0 Å². The Hall–Kier alpha value is -0.200. The Morgan fingerprint density at radius 2 is 1.39 bits per heavy atom. The van der Waals surface area contributed by atoms with Crippen molar-refractivity contribution < 1.29 is 24.1 Å². The third kappa shape index (κ3) is 5.20. The lowest BCUT2D eigenvalue weighted by molar-refractivity contribution is -0.142. The Balaban J connectivity index is 0.000000180. The van der Waals surface area contributed by atoms with Gasteiger partial charge in [0.1, 0.15) is 6.10 Å². The molecule has 0 aliphatic carbocycles. The summed E-state index contributed by atoms with van der Waals surface area (Å²) in [5.74, 6) is -0.825. The maximum absolute atomic E-state index is 8.59. The number of hydrogen-bond acceptors (Lipinski definition) is 5. The first kappa shape index (κ1) is 15.9. The summed E-state index contributed by atoms with van der Waals surface area (Å²) in [5.41, 5.74) is 0. The predicted molar refractivity (Wildman–Crippen MR) is 67.2 cm³/mol. The molecule has 0 aromatic rings. The third-order valence-corrected chi connectivity index (χ3v) is 2.79. The molecule has 0 saturated carbocycles. The molecule has 108 valence electrons. The van der Waals surface area contributed by atoms with Gasteiger partial charge in [-0.15, -0.1) is 0 Å². The van der Waals surface area contributed by atoms with Crippen LogP contribution >= 0.6 is 0 Å². The normalized spacial score (nSPS) is 33.0. The first-order chi connectivity index (χ1) is 8.28. The van der Waals surface area contributed by atoms with E-state index in [9.17, 15) is 0 Å². The summed E-state index contributed by atoms with van der Waals surface area (Å²) in [6.07, 6.45) is 1.24. The van der Waals surface area contributed by atoms with E-state index in [1.807, 2.05) is 27.7 Å². The summed E-state index contributed by atoms with van der Waals surface area (Å²) >= 11 is 0. The summed E-state index contributed by atoms with van der Waals surface area (Å²) in [5, 5.41) is 8.59. The quantitative estimate of drug-likeness (QED) is 0.820. The highest BCUT2D eigenvalue weighted by atomic mass is 16.7. The van der Waals surface area contributed by atoms with Crippen molar-refractivity contribution in [2.45, 2.75) is 64.8 Å². The summed E-state index contributed by atoms with van der Waals surface area (Å²) in [7, 11) is 0. The highest BCUT2D eigenvalue weighted by Gasteiger charge is 2.32. The minimum Gasteiger partial charge on any atom is -0.394 e. The molecule has 2 unspecified atom stereocenters. The molecule has 2 atom stereocenters. The highest BCUT2D eigenvalue weighted by molar-refractivity contribution is 4.69. The Morgan fingerprint density at radius 1 is 0.944 bits per heavy atom. The van der Waals surface area contributed by atoms with Crippen molar-refractivity contribution in [2.75, 3.05) is 19.8 Å². The second-order valence-electron chi connectivity index (χ2n) is 5.49. The second kappa shape index (κ2) is 6.30. The molecule has 2 saturated heterocycles. The molecule has 1 N–H and O–H groups in total. The Labute approximate surface area is 109 Å². The van der Waals surface area contributed by atoms with E-state index in [0.717, 1.165) is 13.0 Å². The zero-order valence-electron chi connectivity index (χ0n) is 12.1. The maximum atomic E-state index is 8.59. The molecule has 0 spiro atoms. The van der Waals surface area contributed by atoms with Gasteiger partial charge in [0.25, 0.3) is 0 Å². The Bertz CT molecular complexity index is 226. The van der Waals surface area contributed by atoms with Crippen molar-refractivity contribution in [1.29, 1.82) is 0 Å². The van der Waals surface area contributed by atoms with E-state index in [-0.39, 0.29) is 18.5 Å². The van der Waals surface area contributed by atoms with Gasteiger partial charge in [-0.1, -0.05) is 6.92 Å². The predicted octanol–water partition coefficient (Wildman–Crippen LogP) is 1.68. The van der Waals surface area contributed by atoms with Crippen molar-refractivity contribution in [3.63, 3.8) is 0 Å². The van der Waals surface area contributed by atoms with Crippen LogP contribution in [0.15, 0.2) is 0 Å². The molecule has 0 radical (unpaired) electrons. The standard InChI is InChI=1S/C7H14O2.C6H12O3/c1-4-6-5-8-7(2,3)9-6;1-6(2)8-4-5(3-7)9-6/h6H,4-5H2,1-3H3;5,7H,3-4H2,1-2H3. The molecule has 0 aromatic carbocycles. The van der Waals surface area contributed by atoms with Gasteiger partial charge in [-0.25, -0.2) is 0 Å². The third-order valence-electron chi connectivity index (χ3n) is 2.79. The van der Waals surface area contributed by atoms with Gasteiger partial charge in [-0.2, -0.15) is 0 Å². The molecular formula is C13H26O5. The largest absolute Gasteiger partial charge is 0.394 e. The van der Waals surface area contributed by atoms with Gasteiger partial charge in [-0.3, -0.25) is 0 Å². The van der Waals surface area contributed by atoms with Gasteiger partial charge in [0.2, 0.25) is 0 Å². The van der Waals surface area contributed by atoms with Crippen LogP contribution in [0.3, 0.4) is 0 Å². The molecule has 0 amide bonds. The molecule has 0 bridgehead atoms. The van der Waals surface area contributed by atoms with Gasteiger partial charge < -0.3 is 24.1 Å². The monoisotopic (exact) mass is 262 g/mol. The van der Waals surface area contributed by atoms with Crippen molar-refractivity contribution in [2.24, 2.45) is 0 Å². The second-order valence-corrected chi connectivity index (χ2v) is 5.49. The van der Waals surface area contributed by atoms with Crippen molar-refractivity contribution in [1.82, 2.24) is 0 Å². The van der Waals surface area contributed by atoms with Crippen LogP contribution < -0.4 is 0 Å². The van der Waals surface area contributed by atoms with Gasteiger partial charge >= 0.3 is 0 Å². The lowest BCUT2D eigenvalue weighted by Crippen LogP contribution is -2.22. The van der Waals surface area contributed by atoms with Crippen molar-refractivity contribution >= 4 is 0 Å². The molecule has 2 aliphatic heterocycles. The zero-order chi connectivity index (χ0) is 13.8. The first-order valence-corrected chi connectivity index (χ1v) is 6.52. The van der Waals surface area contributed by atoms with E-state index in [1.165, 1.54) is 0 Å². The fraction of sp³-hybridized carbons (Fsp3) is 1.00. The van der Waals surface area contributed by atoms with Crippen LogP contribution in [0.2, 0.25) is 0 Å². The van der Waals surface area contributed by atoms with Gasteiger partial charge in [0, 0.05) is 0 Å². The SMILES string of the molecule is CC1(C)OCC(CO)O1.CCC1COC(C)(C)O1. The van der Waals surface area contributed by atoms with E-state index in [0.29, 0.717) is 12.7 Å². The van der Waals surface area contributed by atoms with Crippen LogP contribution in [0.25, 0.3) is 0 Å². The Kier molecular flexibility index (Phi) is 5.55. The summed E-state index contributed by atoms with van der Waals surface area (Å²) in [6.45, 7) is 11.0. The molecule has 2 fully saturated rings. The maximum Gasteiger partial charge on any atom is 0.163 e. The topological polar surface area (TPSA) is 57.2 Å². The van der Waals surface area contributed by atoms with Gasteiger partial charge in [0.05, 0.1) is 25.9 Å². The molecule has 2 rings (SSSR count). The summed E-state index contributed by atoms with van der Waals surface area (Å²) in [4.78, 5) is 0. The first-order valence-electron chi connectivity index (χ1n) is 6.52. The number of hydrogen-bond donors (Lipinski definition) is 1. The summed E-state index contributed by atoms with van der Waals surface area (Å²) in [6, 6.07) is 0.